The molecule has 1 aliphatic carbocycles. The van der Waals surface area contributed by atoms with Gasteiger partial charge >= 0.3 is 0 Å². The molecule has 1 saturated carbocycles. The third kappa shape index (κ3) is 1.91. The van der Waals surface area contributed by atoms with E-state index in [1.165, 1.54) is 6.42 Å². The quantitative estimate of drug-likeness (QED) is 0.691. The van der Waals surface area contributed by atoms with Crippen LogP contribution < -0.4 is 5.32 Å². The Hall–Kier alpha value is -1.81. The van der Waals surface area contributed by atoms with Gasteiger partial charge in [0.1, 0.15) is 12.1 Å². The summed E-state index contributed by atoms with van der Waals surface area (Å²) in [6.07, 6.45) is 4.46. The van der Waals surface area contributed by atoms with E-state index in [2.05, 4.69) is 23.3 Å². The number of rotatable bonds is 0. The molecule has 17 heavy (non-hydrogen) atoms. The molecular weight excluding hydrogens is 212 g/mol. The van der Waals surface area contributed by atoms with Crippen LogP contribution in [0.15, 0.2) is 16.4 Å². The second-order valence-corrected chi connectivity index (χ2v) is 5.04. The lowest BCUT2D eigenvalue weighted by Crippen LogP contribution is -2.51. The van der Waals surface area contributed by atoms with Crippen LogP contribution in [-0.4, -0.2) is 11.3 Å². The molecule has 0 spiro atoms. The molecule has 0 amide bonds. The minimum atomic E-state index is -0.129. The highest BCUT2D eigenvalue weighted by atomic mass is 15.0. The van der Waals surface area contributed by atoms with Gasteiger partial charge in [0.05, 0.1) is 0 Å². The molecule has 4 nitrogen and oxygen atoms in total. The summed E-state index contributed by atoms with van der Waals surface area (Å²) in [4.78, 5) is 4.33. The van der Waals surface area contributed by atoms with E-state index in [1.54, 1.807) is 0 Å². The monoisotopic (exact) mass is 228 g/mol. The molecule has 88 valence electrons. The fourth-order valence-electron chi connectivity index (χ4n) is 2.97. The van der Waals surface area contributed by atoms with E-state index in [9.17, 15) is 0 Å². The Kier molecular flexibility index (Phi) is 2.90. The first-order valence-electron chi connectivity index (χ1n) is 5.98. The maximum absolute atomic E-state index is 9.12. The molecule has 1 N–H and O–H groups in total. The Morgan fingerprint density at radius 1 is 1.35 bits per heavy atom. The Morgan fingerprint density at radius 2 is 2.12 bits per heavy atom. The van der Waals surface area contributed by atoms with Crippen LogP contribution in [0.1, 0.15) is 39.5 Å². The molecule has 1 aliphatic heterocycles. The lowest BCUT2D eigenvalue weighted by molar-refractivity contribution is 0.229. The van der Waals surface area contributed by atoms with Gasteiger partial charge in [0, 0.05) is 17.2 Å². The van der Waals surface area contributed by atoms with Crippen LogP contribution in [0.3, 0.4) is 0 Å². The van der Waals surface area contributed by atoms with Gasteiger partial charge in [0.25, 0.3) is 0 Å². The molecule has 2 atom stereocenters. The van der Waals surface area contributed by atoms with Gasteiger partial charge in [-0.15, -0.1) is 0 Å². The molecule has 2 aliphatic rings. The summed E-state index contributed by atoms with van der Waals surface area (Å²) < 4.78 is 0. The van der Waals surface area contributed by atoms with Gasteiger partial charge in [-0.1, -0.05) is 12.8 Å². The Balaban J connectivity index is 2.49. The molecule has 0 saturated heterocycles. The summed E-state index contributed by atoms with van der Waals surface area (Å²) in [7, 11) is 0. The van der Waals surface area contributed by atoms with Gasteiger partial charge in [0.15, 0.2) is 11.4 Å². The van der Waals surface area contributed by atoms with Crippen molar-refractivity contribution >= 4 is 5.71 Å². The average Bonchev–Trinajstić information content (AvgIpc) is 2.43. The summed E-state index contributed by atoms with van der Waals surface area (Å²) in [5.41, 5.74) is 1.39. The number of allylic oxidation sites excluding steroid dienone is 2. The Bertz CT molecular complexity index is 475. The molecule has 0 aromatic carbocycles. The van der Waals surface area contributed by atoms with Crippen molar-refractivity contribution in [3.05, 3.63) is 11.4 Å². The van der Waals surface area contributed by atoms with Crippen LogP contribution in [0.4, 0.5) is 0 Å². The third-order valence-electron chi connectivity index (χ3n) is 3.87. The second-order valence-electron chi connectivity index (χ2n) is 5.04. The van der Waals surface area contributed by atoms with Crippen LogP contribution in [0.25, 0.3) is 0 Å². The van der Waals surface area contributed by atoms with Crippen molar-refractivity contribution < 1.29 is 0 Å². The summed E-state index contributed by atoms with van der Waals surface area (Å²) in [6.45, 7) is 4.10. The van der Waals surface area contributed by atoms with Crippen molar-refractivity contribution in [3.63, 3.8) is 0 Å². The zero-order chi connectivity index (χ0) is 12.5. The van der Waals surface area contributed by atoms with Gasteiger partial charge < -0.3 is 5.32 Å². The number of fused-ring (bicyclic) bond motifs is 1. The molecule has 0 radical (unpaired) electrons. The number of hydrogen-bond acceptors (Lipinski definition) is 4. The molecular formula is C13H16N4. The van der Waals surface area contributed by atoms with Crippen molar-refractivity contribution in [2.75, 3.05) is 0 Å². The summed E-state index contributed by atoms with van der Waals surface area (Å²) >= 11 is 0. The first kappa shape index (κ1) is 11.7. The fraction of sp³-hybridized carbons (Fsp3) is 0.615. The maximum atomic E-state index is 9.12. The minimum Gasteiger partial charge on any atom is -0.368 e. The standard InChI is InChI=1S/C13H16N4/c1-9-10-5-3-4-6-13(10,2)17-12(8-15)11(7-14)16-9/h10,17H,3-6H2,1-2H3/t10-,13-/m0/s1. The average molecular weight is 228 g/mol. The SMILES string of the molecule is CC1=NC(C#N)=C(C#N)N[C@@]2(C)CCCC[C@@H]12. The molecule has 1 heterocycles. The second kappa shape index (κ2) is 4.22. The first-order chi connectivity index (χ1) is 8.10. The highest BCUT2D eigenvalue weighted by molar-refractivity contribution is 5.87. The molecule has 0 bridgehead atoms. The van der Waals surface area contributed by atoms with Crippen molar-refractivity contribution in [3.8, 4) is 12.1 Å². The Labute approximate surface area is 102 Å². The van der Waals surface area contributed by atoms with E-state index < -0.39 is 0 Å². The normalized spacial score (nSPS) is 32.5. The van der Waals surface area contributed by atoms with Crippen molar-refractivity contribution in [1.29, 1.82) is 10.5 Å². The molecule has 0 aromatic rings. The lowest BCUT2D eigenvalue weighted by atomic mass is 9.72. The molecule has 1 fully saturated rings. The number of nitrogens with zero attached hydrogens (tertiary/aromatic N) is 3. The van der Waals surface area contributed by atoms with Crippen molar-refractivity contribution in [2.45, 2.75) is 45.1 Å². The first-order valence-corrected chi connectivity index (χ1v) is 5.98. The van der Waals surface area contributed by atoms with Gasteiger partial charge in [-0.2, -0.15) is 10.5 Å². The predicted molar refractivity (Wildman–Crippen MR) is 64.9 cm³/mol. The molecule has 4 heteroatoms. The van der Waals surface area contributed by atoms with E-state index in [-0.39, 0.29) is 11.2 Å². The largest absolute Gasteiger partial charge is 0.368 e. The highest BCUT2D eigenvalue weighted by Gasteiger charge is 2.40. The van der Waals surface area contributed by atoms with Crippen LogP contribution in [0, 0.1) is 28.6 Å². The van der Waals surface area contributed by atoms with Crippen molar-refractivity contribution in [1.82, 2.24) is 5.32 Å². The number of hydrogen-bond donors (Lipinski definition) is 1. The predicted octanol–water partition coefficient (Wildman–Crippen LogP) is 2.26. The van der Waals surface area contributed by atoms with Gasteiger partial charge in [0.2, 0.25) is 0 Å². The van der Waals surface area contributed by atoms with E-state index in [1.807, 2.05) is 13.0 Å². The summed E-state index contributed by atoms with van der Waals surface area (Å²) in [5.74, 6) is 0.324. The van der Waals surface area contributed by atoms with Crippen LogP contribution in [0.5, 0.6) is 0 Å². The summed E-state index contributed by atoms with van der Waals surface area (Å²) in [6, 6.07) is 4.07. The van der Waals surface area contributed by atoms with Crippen LogP contribution in [0.2, 0.25) is 0 Å². The topological polar surface area (TPSA) is 72.0 Å². The van der Waals surface area contributed by atoms with E-state index in [0.717, 1.165) is 25.0 Å². The lowest BCUT2D eigenvalue weighted by Gasteiger charge is -2.41. The minimum absolute atomic E-state index is 0.129. The molecule has 2 rings (SSSR count). The fourth-order valence-corrected chi connectivity index (χ4v) is 2.97. The third-order valence-corrected chi connectivity index (χ3v) is 3.87. The zero-order valence-electron chi connectivity index (χ0n) is 10.2. The number of aliphatic imine (C=N–C) groups is 1. The van der Waals surface area contributed by atoms with Crippen LogP contribution in [-0.2, 0) is 0 Å². The number of nitriles is 2. The van der Waals surface area contributed by atoms with Crippen LogP contribution >= 0.6 is 0 Å². The van der Waals surface area contributed by atoms with Gasteiger partial charge in [-0.25, -0.2) is 4.99 Å². The van der Waals surface area contributed by atoms with E-state index in [0.29, 0.717) is 11.6 Å². The smallest absolute Gasteiger partial charge is 0.174 e. The summed E-state index contributed by atoms with van der Waals surface area (Å²) in [5, 5.41) is 21.4. The van der Waals surface area contributed by atoms with Crippen molar-refractivity contribution in [2.24, 2.45) is 10.9 Å². The Morgan fingerprint density at radius 3 is 2.76 bits per heavy atom. The zero-order valence-corrected chi connectivity index (χ0v) is 10.2. The maximum Gasteiger partial charge on any atom is 0.174 e. The molecule has 0 aromatic heterocycles. The van der Waals surface area contributed by atoms with E-state index >= 15 is 0 Å². The highest BCUT2D eigenvalue weighted by Crippen LogP contribution is 2.37. The van der Waals surface area contributed by atoms with Gasteiger partial charge in [-0.3, -0.25) is 0 Å². The molecule has 0 unspecified atom stereocenters. The van der Waals surface area contributed by atoms with E-state index in [4.69, 9.17) is 10.5 Å². The van der Waals surface area contributed by atoms with Gasteiger partial charge in [-0.05, 0) is 26.7 Å². The number of nitrogens with one attached hydrogen (secondary N) is 1.